The van der Waals surface area contributed by atoms with Crippen LogP contribution in [0.1, 0.15) is 41.5 Å². The largest absolute Gasteiger partial charge is 0.493 e. The Morgan fingerprint density at radius 2 is 1.48 bits per heavy atom. The quantitative estimate of drug-likeness (QED) is 0.493. The molecular weight excluding hydrogens is 394 g/mol. The second kappa shape index (κ2) is 9.56. The molecule has 1 N–H and O–H groups in total. The summed E-state index contributed by atoms with van der Waals surface area (Å²) in [4.78, 5) is 24.8. The minimum absolute atomic E-state index is 0.307. The van der Waals surface area contributed by atoms with Gasteiger partial charge in [0, 0.05) is 11.3 Å². The zero-order chi connectivity index (χ0) is 21.6. The Labute approximate surface area is 171 Å². The molecule has 0 radical (unpaired) electrons. The lowest BCUT2D eigenvalue weighted by atomic mass is 10.1. The lowest BCUT2D eigenvalue weighted by Crippen LogP contribution is -2.24. The van der Waals surface area contributed by atoms with Crippen LogP contribution < -0.4 is 9.46 Å². The molecule has 0 saturated heterocycles. The Balaban J connectivity index is 1.97. The Morgan fingerprint density at radius 3 is 2.00 bits per heavy atom. The van der Waals surface area contributed by atoms with E-state index in [4.69, 9.17) is 9.47 Å². The first kappa shape index (κ1) is 22.4. The monoisotopic (exact) mass is 419 g/mol. The number of carbonyl (C=O) groups is 2. The van der Waals surface area contributed by atoms with E-state index >= 15 is 0 Å². The minimum Gasteiger partial charge on any atom is -0.493 e. The smallest absolute Gasteiger partial charge is 0.338 e. The van der Waals surface area contributed by atoms with Gasteiger partial charge in [0.05, 0.1) is 18.4 Å². The molecule has 29 heavy (non-hydrogen) atoms. The molecule has 0 bridgehead atoms. The fourth-order valence-corrected chi connectivity index (χ4v) is 2.95. The van der Waals surface area contributed by atoms with Crippen molar-refractivity contribution in [1.29, 1.82) is 0 Å². The third kappa shape index (κ3) is 7.23. The Hall–Kier alpha value is -2.87. The van der Waals surface area contributed by atoms with Gasteiger partial charge in [0.1, 0.15) is 5.75 Å². The molecule has 156 valence electrons. The van der Waals surface area contributed by atoms with Crippen LogP contribution in [0.25, 0.3) is 0 Å². The number of rotatable bonds is 9. The van der Waals surface area contributed by atoms with Crippen LogP contribution in [0.2, 0.25) is 0 Å². The highest BCUT2D eigenvalue weighted by Crippen LogP contribution is 2.17. The fraction of sp³-hybridized carbons (Fsp3) is 0.333. The number of hydrogen-bond acceptors (Lipinski definition) is 6. The summed E-state index contributed by atoms with van der Waals surface area (Å²) >= 11 is 0. The van der Waals surface area contributed by atoms with Gasteiger partial charge < -0.3 is 9.47 Å². The highest BCUT2D eigenvalue weighted by Gasteiger charge is 2.20. The molecule has 0 aliphatic heterocycles. The molecule has 8 heteroatoms. The molecule has 2 rings (SSSR count). The number of nitrogens with one attached hydrogen (secondary N) is 1. The Morgan fingerprint density at radius 1 is 0.931 bits per heavy atom. The first-order valence-corrected chi connectivity index (χ1v) is 11.0. The van der Waals surface area contributed by atoms with E-state index in [-0.39, 0.29) is 5.78 Å². The van der Waals surface area contributed by atoms with E-state index in [0.717, 1.165) is 6.26 Å². The van der Waals surface area contributed by atoms with Crippen molar-refractivity contribution in [1.82, 2.24) is 0 Å². The molecule has 2 aromatic rings. The standard InChI is InChI=1S/C21H25NO6S/c1-14(2)13-27-19-11-7-17(8-12-19)21(24)28-15(3)20(23)16-5-9-18(10-6-16)22-29(4,25)26/h5-12,14-15,22H,13H2,1-4H3/t15-/m1/s1. The number of ether oxygens (including phenoxy) is 2. The molecule has 0 saturated carbocycles. The lowest BCUT2D eigenvalue weighted by molar-refractivity contribution is 0.0319. The summed E-state index contributed by atoms with van der Waals surface area (Å²) < 4.78 is 35.6. The van der Waals surface area contributed by atoms with Crippen LogP contribution in [-0.4, -0.2) is 39.1 Å². The van der Waals surface area contributed by atoms with Crippen molar-refractivity contribution >= 4 is 27.5 Å². The van der Waals surface area contributed by atoms with Gasteiger partial charge in [0.15, 0.2) is 6.10 Å². The molecule has 0 aliphatic carbocycles. The van der Waals surface area contributed by atoms with Crippen molar-refractivity contribution in [3.05, 3.63) is 59.7 Å². The maximum atomic E-state index is 12.5. The summed E-state index contributed by atoms with van der Waals surface area (Å²) in [6, 6.07) is 12.4. The van der Waals surface area contributed by atoms with Crippen LogP contribution in [-0.2, 0) is 14.8 Å². The molecule has 0 aliphatic rings. The van der Waals surface area contributed by atoms with E-state index in [1.807, 2.05) is 13.8 Å². The molecular formula is C21H25NO6S. The van der Waals surface area contributed by atoms with E-state index in [1.54, 1.807) is 24.3 Å². The van der Waals surface area contributed by atoms with Crippen LogP contribution in [0.4, 0.5) is 5.69 Å². The van der Waals surface area contributed by atoms with Gasteiger partial charge in [-0.05, 0) is 61.4 Å². The highest BCUT2D eigenvalue weighted by atomic mass is 32.2. The van der Waals surface area contributed by atoms with Crippen LogP contribution in [0.3, 0.4) is 0 Å². The van der Waals surface area contributed by atoms with Crippen molar-refractivity contribution < 1.29 is 27.5 Å². The molecule has 1 atom stereocenters. The number of carbonyl (C=O) groups excluding carboxylic acids is 2. The summed E-state index contributed by atoms with van der Waals surface area (Å²) in [5.74, 6) is 0.0441. The Kier molecular flexibility index (Phi) is 7.39. The topological polar surface area (TPSA) is 98.8 Å². The molecule has 0 heterocycles. The molecule has 0 fully saturated rings. The molecule has 0 amide bonds. The third-order valence-corrected chi connectivity index (χ3v) is 4.41. The number of ketones is 1. The van der Waals surface area contributed by atoms with Crippen molar-refractivity contribution in [2.24, 2.45) is 5.92 Å². The highest BCUT2D eigenvalue weighted by molar-refractivity contribution is 7.92. The minimum atomic E-state index is -3.40. The second-order valence-corrected chi connectivity index (χ2v) is 8.84. The van der Waals surface area contributed by atoms with Gasteiger partial charge in [-0.15, -0.1) is 0 Å². The summed E-state index contributed by atoms with van der Waals surface area (Å²) in [6.07, 6.45) is 0.0458. The maximum absolute atomic E-state index is 12.5. The van der Waals surface area contributed by atoms with E-state index in [0.29, 0.717) is 35.1 Å². The van der Waals surface area contributed by atoms with E-state index in [2.05, 4.69) is 4.72 Å². The predicted molar refractivity (Wildman–Crippen MR) is 111 cm³/mol. The number of esters is 1. The third-order valence-electron chi connectivity index (χ3n) is 3.80. The number of anilines is 1. The first-order valence-electron chi connectivity index (χ1n) is 9.11. The lowest BCUT2D eigenvalue weighted by Gasteiger charge is -2.13. The van der Waals surface area contributed by atoms with Gasteiger partial charge in [0.2, 0.25) is 15.8 Å². The van der Waals surface area contributed by atoms with Gasteiger partial charge >= 0.3 is 5.97 Å². The van der Waals surface area contributed by atoms with Gasteiger partial charge in [-0.3, -0.25) is 9.52 Å². The van der Waals surface area contributed by atoms with Gasteiger partial charge in [-0.2, -0.15) is 0 Å². The van der Waals surface area contributed by atoms with Crippen molar-refractivity contribution in [3.8, 4) is 5.75 Å². The number of benzene rings is 2. The van der Waals surface area contributed by atoms with E-state index in [1.165, 1.54) is 31.2 Å². The zero-order valence-electron chi connectivity index (χ0n) is 16.8. The van der Waals surface area contributed by atoms with Crippen LogP contribution in [0.15, 0.2) is 48.5 Å². The second-order valence-electron chi connectivity index (χ2n) is 7.09. The van der Waals surface area contributed by atoms with E-state index in [9.17, 15) is 18.0 Å². The maximum Gasteiger partial charge on any atom is 0.338 e. The molecule has 2 aromatic carbocycles. The van der Waals surface area contributed by atoms with Crippen molar-refractivity contribution in [2.45, 2.75) is 26.9 Å². The number of sulfonamides is 1. The van der Waals surface area contributed by atoms with Crippen molar-refractivity contribution in [2.75, 3.05) is 17.6 Å². The SMILES string of the molecule is CC(C)COc1ccc(C(=O)O[C@H](C)C(=O)c2ccc(NS(C)(=O)=O)cc2)cc1. The average Bonchev–Trinajstić information content (AvgIpc) is 2.65. The number of Topliss-reactive ketones (excluding diaryl/α,β-unsaturated/α-hetero) is 1. The fourth-order valence-electron chi connectivity index (χ4n) is 2.38. The summed E-state index contributed by atoms with van der Waals surface area (Å²) in [5.41, 5.74) is 0.963. The van der Waals surface area contributed by atoms with Crippen LogP contribution in [0, 0.1) is 5.92 Å². The predicted octanol–water partition coefficient (Wildman–Crippen LogP) is 3.52. The normalized spacial score (nSPS) is 12.3. The molecule has 0 aromatic heterocycles. The van der Waals surface area contributed by atoms with Crippen molar-refractivity contribution in [3.63, 3.8) is 0 Å². The summed E-state index contributed by atoms with van der Waals surface area (Å²) in [5, 5.41) is 0. The molecule has 7 nitrogen and oxygen atoms in total. The Bertz CT molecular complexity index is 950. The number of hydrogen-bond donors (Lipinski definition) is 1. The molecule has 0 spiro atoms. The summed E-state index contributed by atoms with van der Waals surface area (Å²) in [6.45, 7) is 6.15. The van der Waals surface area contributed by atoms with E-state index < -0.39 is 22.1 Å². The average molecular weight is 419 g/mol. The van der Waals surface area contributed by atoms with Crippen LogP contribution in [0.5, 0.6) is 5.75 Å². The molecule has 0 unspecified atom stereocenters. The zero-order valence-corrected chi connectivity index (χ0v) is 17.7. The van der Waals surface area contributed by atoms with Gasteiger partial charge in [0.25, 0.3) is 0 Å². The summed E-state index contributed by atoms with van der Waals surface area (Å²) in [7, 11) is -3.40. The first-order chi connectivity index (χ1) is 13.5. The van der Waals surface area contributed by atoms with Crippen LogP contribution >= 0.6 is 0 Å². The van der Waals surface area contributed by atoms with Gasteiger partial charge in [-0.1, -0.05) is 13.8 Å². The van der Waals surface area contributed by atoms with Gasteiger partial charge in [-0.25, -0.2) is 13.2 Å².